The van der Waals surface area contributed by atoms with Crippen LogP contribution in [0.15, 0.2) is 0 Å². The van der Waals surface area contributed by atoms with Crippen molar-refractivity contribution in [3.05, 3.63) is 0 Å². The van der Waals surface area contributed by atoms with Crippen molar-refractivity contribution in [1.82, 2.24) is 15.1 Å². The molecule has 0 aromatic carbocycles. The maximum atomic E-state index is 12.2. The predicted octanol–water partition coefficient (Wildman–Crippen LogP) is 0.742. The Morgan fingerprint density at radius 2 is 2.24 bits per heavy atom. The second kappa shape index (κ2) is 5.36. The quantitative estimate of drug-likeness (QED) is 0.789. The number of likely N-dealkylation sites (tertiary alicyclic amines) is 1. The Morgan fingerprint density at radius 1 is 1.47 bits per heavy atom. The first-order valence-electron chi connectivity index (χ1n) is 6.78. The van der Waals surface area contributed by atoms with Crippen molar-refractivity contribution < 1.29 is 4.79 Å². The molecule has 2 atom stereocenters. The van der Waals surface area contributed by atoms with Crippen molar-refractivity contribution >= 4 is 5.91 Å². The van der Waals surface area contributed by atoms with E-state index in [0.717, 1.165) is 19.8 Å². The molecule has 2 aliphatic rings. The van der Waals surface area contributed by atoms with Gasteiger partial charge >= 0.3 is 0 Å². The van der Waals surface area contributed by atoms with E-state index in [1.807, 2.05) is 4.90 Å². The van der Waals surface area contributed by atoms with E-state index in [1.165, 1.54) is 19.4 Å². The third kappa shape index (κ3) is 2.99. The fourth-order valence-electron chi connectivity index (χ4n) is 2.98. The van der Waals surface area contributed by atoms with Crippen LogP contribution in [0.2, 0.25) is 0 Å². The number of nitrogens with zero attached hydrogens (tertiary/aromatic N) is 2. The van der Waals surface area contributed by atoms with Crippen LogP contribution in [-0.2, 0) is 4.79 Å². The standard InChI is InChI=1S/C13H25N3O/c1-10(2)12-13(17)16(9-14-12)8-11-5-4-6-15(3)7-11/h10-12,14H,4-9H2,1-3H3. The minimum Gasteiger partial charge on any atom is -0.328 e. The van der Waals surface area contributed by atoms with Crippen molar-refractivity contribution in [2.45, 2.75) is 32.7 Å². The number of carbonyl (C=O) groups excluding carboxylic acids is 1. The summed E-state index contributed by atoms with van der Waals surface area (Å²) in [6.07, 6.45) is 2.53. The Balaban J connectivity index is 1.85. The minimum absolute atomic E-state index is 0.0383. The SMILES string of the molecule is CC(C)C1NCN(CC2CCCN(C)C2)C1=O. The summed E-state index contributed by atoms with van der Waals surface area (Å²) in [5.41, 5.74) is 0. The normalized spacial score (nSPS) is 31.5. The van der Waals surface area contributed by atoms with E-state index in [1.54, 1.807) is 0 Å². The fourth-order valence-corrected chi connectivity index (χ4v) is 2.98. The molecule has 4 nitrogen and oxygen atoms in total. The largest absolute Gasteiger partial charge is 0.328 e. The van der Waals surface area contributed by atoms with Crippen LogP contribution >= 0.6 is 0 Å². The van der Waals surface area contributed by atoms with Crippen LogP contribution in [0.3, 0.4) is 0 Å². The molecule has 2 unspecified atom stereocenters. The van der Waals surface area contributed by atoms with E-state index in [2.05, 4.69) is 31.1 Å². The Kier molecular flexibility index (Phi) is 4.05. The molecule has 0 spiro atoms. The zero-order valence-corrected chi connectivity index (χ0v) is 11.3. The summed E-state index contributed by atoms with van der Waals surface area (Å²) < 4.78 is 0. The highest BCUT2D eigenvalue weighted by molar-refractivity contribution is 5.84. The molecular formula is C13H25N3O. The van der Waals surface area contributed by atoms with Gasteiger partial charge in [0.05, 0.1) is 12.7 Å². The molecule has 2 aliphatic heterocycles. The van der Waals surface area contributed by atoms with E-state index in [4.69, 9.17) is 0 Å². The van der Waals surface area contributed by atoms with Gasteiger partial charge in [-0.15, -0.1) is 0 Å². The molecule has 0 radical (unpaired) electrons. The minimum atomic E-state index is 0.0383. The maximum absolute atomic E-state index is 12.2. The topological polar surface area (TPSA) is 35.6 Å². The van der Waals surface area contributed by atoms with Crippen molar-refractivity contribution in [2.24, 2.45) is 11.8 Å². The van der Waals surface area contributed by atoms with Crippen molar-refractivity contribution in [3.63, 3.8) is 0 Å². The monoisotopic (exact) mass is 239 g/mol. The maximum Gasteiger partial charge on any atom is 0.241 e. The lowest BCUT2D eigenvalue weighted by Gasteiger charge is -2.32. The highest BCUT2D eigenvalue weighted by atomic mass is 16.2. The van der Waals surface area contributed by atoms with Gasteiger partial charge < -0.3 is 9.80 Å². The van der Waals surface area contributed by atoms with Gasteiger partial charge in [-0.3, -0.25) is 10.1 Å². The molecular weight excluding hydrogens is 214 g/mol. The summed E-state index contributed by atoms with van der Waals surface area (Å²) in [7, 11) is 2.17. The van der Waals surface area contributed by atoms with Gasteiger partial charge in [0, 0.05) is 13.1 Å². The number of piperidine rings is 1. The van der Waals surface area contributed by atoms with Gasteiger partial charge in [-0.25, -0.2) is 0 Å². The molecule has 17 heavy (non-hydrogen) atoms. The van der Waals surface area contributed by atoms with Crippen LogP contribution < -0.4 is 5.32 Å². The van der Waals surface area contributed by atoms with Gasteiger partial charge in [0.25, 0.3) is 0 Å². The summed E-state index contributed by atoms with van der Waals surface area (Å²) in [6.45, 7) is 8.22. The second-order valence-corrected chi connectivity index (χ2v) is 5.92. The fraction of sp³-hybridized carbons (Fsp3) is 0.923. The van der Waals surface area contributed by atoms with E-state index >= 15 is 0 Å². The lowest BCUT2D eigenvalue weighted by atomic mass is 9.97. The Labute approximate surface area is 104 Å². The van der Waals surface area contributed by atoms with Gasteiger partial charge in [0.1, 0.15) is 0 Å². The van der Waals surface area contributed by atoms with Crippen LogP contribution in [-0.4, -0.2) is 55.1 Å². The van der Waals surface area contributed by atoms with Crippen LogP contribution in [0.25, 0.3) is 0 Å². The Morgan fingerprint density at radius 3 is 2.82 bits per heavy atom. The van der Waals surface area contributed by atoms with Gasteiger partial charge in [0.2, 0.25) is 5.91 Å². The number of nitrogens with one attached hydrogen (secondary N) is 1. The molecule has 2 rings (SSSR count). The second-order valence-electron chi connectivity index (χ2n) is 5.92. The average molecular weight is 239 g/mol. The molecule has 0 bridgehead atoms. The molecule has 2 saturated heterocycles. The average Bonchev–Trinajstić information content (AvgIpc) is 2.61. The van der Waals surface area contributed by atoms with Crippen molar-refractivity contribution in [3.8, 4) is 0 Å². The zero-order valence-electron chi connectivity index (χ0n) is 11.3. The molecule has 0 saturated carbocycles. The molecule has 1 N–H and O–H groups in total. The number of rotatable bonds is 3. The summed E-state index contributed by atoms with van der Waals surface area (Å²) in [5.74, 6) is 1.35. The Hall–Kier alpha value is -0.610. The number of amides is 1. The van der Waals surface area contributed by atoms with Crippen molar-refractivity contribution in [2.75, 3.05) is 33.4 Å². The third-order valence-corrected chi connectivity index (χ3v) is 3.95. The molecule has 1 amide bonds. The van der Waals surface area contributed by atoms with E-state index in [-0.39, 0.29) is 6.04 Å². The highest BCUT2D eigenvalue weighted by Gasteiger charge is 2.34. The molecule has 0 aromatic rings. The third-order valence-electron chi connectivity index (χ3n) is 3.95. The van der Waals surface area contributed by atoms with E-state index < -0.39 is 0 Å². The zero-order chi connectivity index (χ0) is 12.4. The van der Waals surface area contributed by atoms with Crippen molar-refractivity contribution in [1.29, 1.82) is 0 Å². The first-order valence-corrected chi connectivity index (χ1v) is 6.78. The van der Waals surface area contributed by atoms with E-state index in [9.17, 15) is 4.79 Å². The molecule has 2 fully saturated rings. The first kappa shape index (κ1) is 12.8. The number of hydrogen-bond acceptors (Lipinski definition) is 3. The summed E-state index contributed by atoms with van der Waals surface area (Å²) in [6, 6.07) is 0.0383. The van der Waals surface area contributed by atoms with Crippen LogP contribution in [0.5, 0.6) is 0 Å². The van der Waals surface area contributed by atoms with Crippen LogP contribution in [0.4, 0.5) is 0 Å². The van der Waals surface area contributed by atoms with Gasteiger partial charge in [-0.05, 0) is 38.3 Å². The predicted molar refractivity (Wildman–Crippen MR) is 68.6 cm³/mol. The molecule has 0 aromatic heterocycles. The van der Waals surface area contributed by atoms with Gasteiger partial charge in [-0.1, -0.05) is 13.8 Å². The first-order chi connectivity index (χ1) is 8.08. The van der Waals surface area contributed by atoms with Crippen LogP contribution in [0, 0.1) is 11.8 Å². The number of hydrogen-bond donors (Lipinski definition) is 1. The Bertz CT molecular complexity index is 280. The van der Waals surface area contributed by atoms with E-state index in [0.29, 0.717) is 17.7 Å². The molecule has 2 heterocycles. The smallest absolute Gasteiger partial charge is 0.241 e. The highest BCUT2D eigenvalue weighted by Crippen LogP contribution is 2.19. The lowest BCUT2D eigenvalue weighted by molar-refractivity contribution is -0.130. The van der Waals surface area contributed by atoms with Gasteiger partial charge in [0.15, 0.2) is 0 Å². The summed E-state index contributed by atoms with van der Waals surface area (Å²) >= 11 is 0. The molecule has 4 heteroatoms. The molecule has 0 aliphatic carbocycles. The summed E-state index contributed by atoms with van der Waals surface area (Å²) in [4.78, 5) is 16.5. The van der Waals surface area contributed by atoms with Gasteiger partial charge in [-0.2, -0.15) is 0 Å². The lowest BCUT2D eigenvalue weighted by Crippen LogP contribution is -2.41. The summed E-state index contributed by atoms with van der Waals surface area (Å²) in [5, 5.41) is 3.32. The molecule has 98 valence electrons. The number of carbonyl (C=O) groups is 1. The van der Waals surface area contributed by atoms with Crippen LogP contribution in [0.1, 0.15) is 26.7 Å².